The lowest BCUT2D eigenvalue weighted by Crippen LogP contribution is -2.35. The van der Waals surface area contributed by atoms with Crippen LogP contribution in [0, 0.1) is 29.1 Å². The Morgan fingerprint density at radius 3 is 2.09 bits per heavy atom. The van der Waals surface area contributed by atoms with E-state index in [1.807, 2.05) is 20.8 Å². The normalized spacial score (nSPS) is 13.0. The fraction of sp³-hybridized carbons (Fsp3) is 0.379. The van der Waals surface area contributed by atoms with Gasteiger partial charge in [-0.05, 0) is 49.4 Å². The van der Waals surface area contributed by atoms with Crippen molar-refractivity contribution in [3.63, 3.8) is 0 Å². The Morgan fingerprint density at radius 1 is 1.02 bits per heavy atom. The van der Waals surface area contributed by atoms with E-state index in [0.717, 1.165) is 6.07 Å². The second kappa shape index (κ2) is 18.1. The highest BCUT2D eigenvalue weighted by Crippen LogP contribution is 2.48. The highest BCUT2D eigenvalue weighted by molar-refractivity contribution is 7.56. The van der Waals surface area contributed by atoms with Gasteiger partial charge in [0.05, 0.1) is 12.8 Å². The van der Waals surface area contributed by atoms with Crippen LogP contribution in [-0.2, 0) is 24.8 Å². The zero-order valence-electron chi connectivity index (χ0n) is 25.3. The smallest absolute Gasteiger partial charge is 0.412 e. The minimum Gasteiger partial charge on any atom is -0.465 e. The molecule has 3 rings (SSSR count). The minimum absolute atomic E-state index is 0.0302. The summed E-state index contributed by atoms with van der Waals surface area (Å²) in [5.41, 5.74) is 0.141. The van der Waals surface area contributed by atoms with E-state index in [0.29, 0.717) is 22.5 Å². The third kappa shape index (κ3) is 11.5. The summed E-state index contributed by atoms with van der Waals surface area (Å²) in [7, 11) is -4.38. The van der Waals surface area contributed by atoms with Crippen LogP contribution in [0.2, 0.25) is 0 Å². The lowest BCUT2D eigenvalue weighted by atomic mass is 10.2. The van der Waals surface area contributed by atoms with Gasteiger partial charge in [0.25, 0.3) is 7.52 Å². The van der Waals surface area contributed by atoms with E-state index in [9.17, 15) is 49.3 Å². The van der Waals surface area contributed by atoms with Gasteiger partial charge in [0.1, 0.15) is 10.9 Å². The summed E-state index contributed by atoms with van der Waals surface area (Å²) < 4.78 is 134. The Balaban J connectivity index is 0.00000199. The van der Waals surface area contributed by atoms with Gasteiger partial charge in [-0.15, -0.1) is 17.9 Å². The van der Waals surface area contributed by atoms with E-state index >= 15 is 0 Å². The number of allylic oxidation sites excluding steroid dienone is 1. The van der Waals surface area contributed by atoms with Crippen LogP contribution in [0.25, 0.3) is 10.1 Å². The average Bonchev–Trinajstić information content (AvgIpc) is 3.43. The number of hydrogen-bond donors (Lipinski definition) is 1. The number of esters is 2. The molecule has 1 N–H and O–H groups in total. The highest BCUT2D eigenvalue weighted by Gasteiger charge is 2.36. The molecule has 2 atom stereocenters. The summed E-state index contributed by atoms with van der Waals surface area (Å²) in [6.07, 6.45) is -3.26. The van der Waals surface area contributed by atoms with Crippen LogP contribution < -0.4 is 9.82 Å². The number of thiophene rings is 1. The molecule has 0 aliphatic carbocycles. The first-order valence-electron chi connectivity index (χ1n) is 13.5. The van der Waals surface area contributed by atoms with Gasteiger partial charge in [0.15, 0.2) is 6.61 Å². The molecule has 0 radical (unpaired) electrons. The number of carbonyl (C=O) groups is 2. The molecular formula is C29H32F8NO6PS. The van der Waals surface area contributed by atoms with E-state index in [2.05, 4.69) is 20.9 Å². The molecule has 1 heterocycles. The van der Waals surface area contributed by atoms with Gasteiger partial charge in [-0.25, -0.2) is 23.1 Å². The lowest BCUT2D eigenvalue weighted by Gasteiger charge is -2.23. The minimum atomic E-state index is -4.84. The van der Waals surface area contributed by atoms with Crippen LogP contribution in [0.5, 0.6) is 5.75 Å². The van der Waals surface area contributed by atoms with Crippen molar-refractivity contribution in [1.29, 1.82) is 0 Å². The first-order chi connectivity index (χ1) is 21.5. The van der Waals surface area contributed by atoms with Crippen LogP contribution in [0.4, 0.5) is 35.1 Å². The molecule has 46 heavy (non-hydrogen) atoms. The predicted molar refractivity (Wildman–Crippen MR) is 157 cm³/mol. The molecule has 0 saturated carbocycles. The maximum atomic E-state index is 13.9. The average molecular weight is 706 g/mol. The molecule has 0 amide bonds. The molecule has 0 aliphatic rings. The quantitative estimate of drug-likeness (QED) is 0.0405. The van der Waals surface area contributed by atoms with Crippen molar-refractivity contribution in [2.45, 2.75) is 59.4 Å². The van der Waals surface area contributed by atoms with E-state index in [1.165, 1.54) is 25.1 Å². The number of carbonyl (C=O) groups excluding carboxylic acids is 2. The number of nitrogens with one attached hydrogen (secondary N) is 1. The molecule has 0 bridgehead atoms. The highest BCUT2D eigenvalue weighted by atomic mass is 32.1. The van der Waals surface area contributed by atoms with Gasteiger partial charge >= 0.3 is 18.1 Å². The molecule has 2 aromatic carbocycles. The van der Waals surface area contributed by atoms with Gasteiger partial charge in [0, 0.05) is 4.70 Å². The summed E-state index contributed by atoms with van der Waals surface area (Å²) in [5, 5.41) is 2.50. The molecule has 256 valence electrons. The summed E-state index contributed by atoms with van der Waals surface area (Å²) in [4.78, 5) is 24.2. The molecule has 0 aliphatic heterocycles. The fourth-order valence-corrected chi connectivity index (χ4v) is 6.24. The van der Waals surface area contributed by atoms with Crippen LogP contribution in [0.3, 0.4) is 0 Å². The molecule has 1 aromatic heterocycles. The first-order valence-corrected chi connectivity index (χ1v) is 16.2. The Bertz CT molecular complexity index is 1530. The van der Waals surface area contributed by atoms with Gasteiger partial charge in [-0.2, -0.15) is 22.0 Å². The number of hydrogen-bond acceptors (Lipinski definition) is 7. The third-order valence-corrected chi connectivity index (χ3v) is 8.37. The molecule has 0 spiro atoms. The number of halogens is 8. The second-order valence-corrected chi connectivity index (χ2v) is 12.2. The van der Waals surface area contributed by atoms with E-state index in [1.54, 1.807) is 13.0 Å². The van der Waals surface area contributed by atoms with Crippen molar-refractivity contribution in [3.8, 4) is 5.75 Å². The van der Waals surface area contributed by atoms with Crippen molar-refractivity contribution in [1.82, 2.24) is 5.09 Å². The van der Waals surface area contributed by atoms with Gasteiger partial charge in [0.2, 0.25) is 34.8 Å². The monoisotopic (exact) mass is 705 g/mol. The summed E-state index contributed by atoms with van der Waals surface area (Å²) in [5.74, 6) is -15.9. The van der Waals surface area contributed by atoms with Crippen molar-refractivity contribution in [3.05, 3.63) is 76.4 Å². The Labute approximate surface area is 264 Å². The van der Waals surface area contributed by atoms with Crippen LogP contribution >= 0.6 is 18.9 Å². The molecular weight excluding hydrogens is 673 g/mol. The van der Waals surface area contributed by atoms with Crippen LogP contribution in [-0.4, -0.2) is 37.4 Å². The number of benzene rings is 2. The maximum absolute atomic E-state index is 13.9. The van der Waals surface area contributed by atoms with Gasteiger partial charge < -0.3 is 14.0 Å². The molecule has 7 nitrogen and oxygen atoms in total. The Kier molecular flexibility index (Phi) is 16.0. The fourth-order valence-electron chi connectivity index (χ4n) is 3.33. The topological polar surface area (TPSA) is 90.9 Å². The third-order valence-electron chi connectivity index (χ3n) is 5.17. The maximum Gasteiger partial charge on any atom is 0.412 e. The van der Waals surface area contributed by atoms with Crippen LogP contribution in [0.15, 0.2) is 36.9 Å². The Hall–Kier alpha value is -3.33. The van der Waals surface area contributed by atoms with Crippen molar-refractivity contribution in [2.24, 2.45) is 0 Å². The first kappa shape index (κ1) is 40.7. The van der Waals surface area contributed by atoms with Crippen molar-refractivity contribution >= 4 is 40.9 Å². The lowest BCUT2D eigenvalue weighted by molar-refractivity contribution is -0.153. The standard InChI is InChI=1S/C24H20F8NO6PS.C3H6.C2H6/c1-3-6-37-22(34)11(2)33-40(36,38-10-24(30,31)32)9-12-4-5-14-13(7-12)8-15(41-14)23(35)39-21-19(28)17(26)16(25)18(27)20(21)29;1-3-2;1-2/h4-5,7-8,11H,3,6,9-10H2,1-2H3,(H,33,36);3H,1H2,2H3;1-2H3. The Morgan fingerprint density at radius 2 is 1.57 bits per heavy atom. The molecule has 2 unspecified atom stereocenters. The zero-order valence-corrected chi connectivity index (χ0v) is 27.0. The summed E-state index contributed by atoms with van der Waals surface area (Å²) in [6, 6.07) is 3.85. The summed E-state index contributed by atoms with van der Waals surface area (Å²) >= 11 is 0.703. The predicted octanol–water partition coefficient (Wildman–Crippen LogP) is 9.24. The van der Waals surface area contributed by atoms with Crippen molar-refractivity contribution < 1.29 is 63.3 Å². The van der Waals surface area contributed by atoms with Crippen LogP contribution in [0.1, 0.15) is 56.3 Å². The second-order valence-electron chi connectivity index (χ2n) is 8.92. The van der Waals surface area contributed by atoms with Crippen molar-refractivity contribution in [2.75, 3.05) is 13.2 Å². The van der Waals surface area contributed by atoms with Gasteiger partial charge in [-0.3, -0.25) is 9.36 Å². The number of ether oxygens (including phenoxy) is 2. The number of fused-ring (bicyclic) bond motifs is 1. The van der Waals surface area contributed by atoms with E-state index < -0.39 is 79.3 Å². The van der Waals surface area contributed by atoms with E-state index in [4.69, 9.17) is 4.74 Å². The summed E-state index contributed by atoms with van der Waals surface area (Å²) in [6.45, 7) is 10.3. The number of rotatable bonds is 11. The molecule has 0 fully saturated rings. The molecule has 0 saturated heterocycles. The van der Waals surface area contributed by atoms with Gasteiger partial charge in [-0.1, -0.05) is 32.9 Å². The largest absolute Gasteiger partial charge is 0.465 e. The SMILES string of the molecule is C=CC.CC.CCCOC(=O)C(C)NP(=O)(Cc1ccc2sc(C(=O)Oc3c(F)c(F)c(F)c(F)c3F)cc2c1)OCC(F)(F)F. The number of alkyl halides is 3. The van der Waals surface area contributed by atoms with E-state index in [-0.39, 0.29) is 22.4 Å². The molecule has 3 aromatic rings. The zero-order chi connectivity index (χ0) is 35.4. The molecule has 17 heteroatoms.